The molecule has 0 spiro atoms. The Morgan fingerprint density at radius 1 is 1.47 bits per heavy atom. The van der Waals surface area contributed by atoms with Crippen molar-refractivity contribution < 1.29 is 9.59 Å². The third kappa shape index (κ3) is 2.06. The molecule has 2 aliphatic rings. The number of rotatable bonds is 3. The molecule has 0 radical (unpaired) electrons. The lowest BCUT2D eigenvalue weighted by Gasteiger charge is -2.40. The molecule has 4 nitrogen and oxygen atoms in total. The highest BCUT2D eigenvalue weighted by atomic mass is 32.1. The molecule has 0 N–H and O–H groups in total. The summed E-state index contributed by atoms with van der Waals surface area (Å²) in [6, 6.07) is 3.91. The van der Waals surface area contributed by atoms with Crippen LogP contribution < -0.4 is 0 Å². The van der Waals surface area contributed by atoms with Crippen molar-refractivity contribution in [3.8, 4) is 0 Å². The first-order valence-electron chi connectivity index (χ1n) is 6.85. The fourth-order valence-corrected chi connectivity index (χ4v) is 4.07. The van der Waals surface area contributed by atoms with Crippen molar-refractivity contribution in [2.75, 3.05) is 13.1 Å². The van der Waals surface area contributed by atoms with Crippen LogP contribution in [-0.4, -0.2) is 40.7 Å². The largest absolute Gasteiger partial charge is 0.329 e. The fourth-order valence-electron chi connectivity index (χ4n) is 3.15. The lowest BCUT2D eigenvalue weighted by molar-refractivity contribution is -0.156. The van der Waals surface area contributed by atoms with Crippen molar-refractivity contribution in [2.24, 2.45) is 0 Å². The first-order chi connectivity index (χ1) is 9.22. The number of hydrogen-bond acceptors (Lipinski definition) is 3. The van der Waals surface area contributed by atoms with Gasteiger partial charge in [-0.05, 0) is 30.7 Å². The van der Waals surface area contributed by atoms with Crippen molar-refractivity contribution in [3.63, 3.8) is 0 Å². The average molecular weight is 278 g/mol. The molecule has 2 atom stereocenters. The quantitative estimate of drug-likeness (QED) is 0.849. The summed E-state index contributed by atoms with van der Waals surface area (Å²) in [7, 11) is 0. The van der Waals surface area contributed by atoms with E-state index in [0.717, 1.165) is 25.8 Å². The number of carbonyl (C=O) groups excluding carboxylic acids is 2. The Bertz CT molecular complexity index is 486. The van der Waals surface area contributed by atoms with Crippen LogP contribution in [0.25, 0.3) is 0 Å². The lowest BCUT2D eigenvalue weighted by atomic mass is 10.1. The first kappa shape index (κ1) is 12.7. The number of hydrogen-bond donors (Lipinski definition) is 0. The number of amides is 2. The van der Waals surface area contributed by atoms with Gasteiger partial charge >= 0.3 is 0 Å². The first-order valence-corrected chi connectivity index (χ1v) is 7.73. The predicted molar refractivity (Wildman–Crippen MR) is 73.8 cm³/mol. The molecule has 2 unspecified atom stereocenters. The summed E-state index contributed by atoms with van der Waals surface area (Å²) in [4.78, 5) is 29.5. The maximum Gasteiger partial charge on any atom is 0.246 e. The van der Waals surface area contributed by atoms with E-state index < -0.39 is 0 Å². The standard InChI is InChI=1S/C14H18N2O2S/c1-2-10(12-6-4-8-19-12)16-9-13(17)15-7-3-5-11(15)14(16)18/h4,6,8,10-11H,2-3,5,7,9H2,1H3. The summed E-state index contributed by atoms with van der Waals surface area (Å²) in [5.41, 5.74) is 0. The number of carbonyl (C=O) groups is 2. The second-order valence-corrected chi connectivity index (χ2v) is 6.13. The van der Waals surface area contributed by atoms with Crippen LogP contribution >= 0.6 is 11.3 Å². The Balaban J connectivity index is 1.87. The summed E-state index contributed by atoms with van der Waals surface area (Å²) in [5.74, 6) is 0.245. The van der Waals surface area contributed by atoms with Crippen molar-refractivity contribution in [2.45, 2.75) is 38.3 Å². The molecule has 3 rings (SSSR count). The van der Waals surface area contributed by atoms with Gasteiger partial charge in [0, 0.05) is 11.4 Å². The summed E-state index contributed by atoms with van der Waals surface area (Å²) >= 11 is 1.66. The normalized spacial score (nSPS) is 24.8. The summed E-state index contributed by atoms with van der Waals surface area (Å²) in [5, 5.41) is 2.02. The minimum Gasteiger partial charge on any atom is -0.329 e. The molecule has 2 fully saturated rings. The van der Waals surface area contributed by atoms with E-state index in [1.54, 1.807) is 21.1 Å². The van der Waals surface area contributed by atoms with Crippen molar-refractivity contribution in [1.29, 1.82) is 0 Å². The zero-order valence-corrected chi connectivity index (χ0v) is 11.9. The van der Waals surface area contributed by atoms with Gasteiger partial charge in [-0.2, -0.15) is 0 Å². The zero-order valence-electron chi connectivity index (χ0n) is 11.0. The van der Waals surface area contributed by atoms with Gasteiger partial charge < -0.3 is 9.80 Å². The van der Waals surface area contributed by atoms with E-state index in [9.17, 15) is 9.59 Å². The predicted octanol–water partition coefficient (Wildman–Crippen LogP) is 2.03. The monoisotopic (exact) mass is 278 g/mol. The van der Waals surface area contributed by atoms with E-state index in [1.165, 1.54) is 4.88 Å². The van der Waals surface area contributed by atoms with Gasteiger partial charge in [0.05, 0.1) is 6.04 Å². The molecule has 2 aliphatic heterocycles. The zero-order chi connectivity index (χ0) is 13.4. The number of fused-ring (bicyclic) bond motifs is 1. The molecule has 1 aromatic heterocycles. The Labute approximate surface area is 117 Å². The molecule has 1 aromatic rings. The molecule has 5 heteroatoms. The Hall–Kier alpha value is -1.36. The SMILES string of the molecule is CCC(c1cccs1)N1CC(=O)N2CCCC2C1=O. The molecule has 3 heterocycles. The van der Waals surface area contributed by atoms with Gasteiger partial charge in [0.15, 0.2) is 0 Å². The molecule has 0 saturated carbocycles. The Morgan fingerprint density at radius 3 is 3.00 bits per heavy atom. The van der Waals surface area contributed by atoms with Crippen LogP contribution in [0.5, 0.6) is 0 Å². The van der Waals surface area contributed by atoms with E-state index in [4.69, 9.17) is 0 Å². The van der Waals surface area contributed by atoms with E-state index >= 15 is 0 Å². The van der Waals surface area contributed by atoms with Crippen molar-refractivity contribution >= 4 is 23.2 Å². The van der Waals surface area contributed by atoms with Gasteiger partial charge in [0.1, 0.15) is 12.6 Å². The van der Waals surface area contributed by atoms with E-state index in [1.807, 2.05) is 11.4 Å². The molecular formula is C14H18N2O2S. The molecule has 19 heavy (non-hydrogen) atoms. The smallest absolute Gasteiger partial charge is 0.246 e. The molecule has 0 aromatic carbocycles. The van der Waals surface area contributed by atoms with E-state index in [2.05, 4.69) is 13.0 Å². The number of piperazine rings is 1. The van der Waals surface area contributed by atoms with Gasteiger partial charge in [0.25, 0.3) is 0 Å². The van der Waals surface area contributed by atoms with Crippen LogP contribution in [0.15, 0.2) is 17.5 Å². The van der Waals surface area contributed by atoms with Crippen LogP contribution in [0.4, 0.5) is 0 Å². The number of thiophene rings is 1. The summed E-state index contributed by atoms with van der Waals surface area (Å²) < 4.78 is 0. The second kappa shape index (κ2) is 4.96. The molecule has 0 aliphatic carbocycles. The molecule has 2 saturated heterocycles. The van der Waals surface area contributed by atoms with E-state index in [-0.39, 0.29) is 30.4 Å². The highest BCUT2D eigenvalue weighted by Crippen LogP contribution is 2.33. The maximum absolute atomic E-state index is 12.6. The fraction of sp³-hybridized carbons (Fsp3) is 0.571. The van der Waals surface area contributed by atoms with Gasteiger partial charge in [-0.25, -0.2) is 0 Å². The maximum atomic E-state index is 12.6. The third-order valence-electron chi connectivity index (χ3n) is 4.08. The Kier molecular flexibility index (Phi) is 3.31. The molecular weight excluding hydrogens is 260 g/mol. The molecule has 0 bridgehead atoms. The van der Waals surface area contributed by atoms with Crippen molar-refractivity contribution in [1.82, 2.24) is 9.80 Å². The van der Waals surface area contributed by atoms with Crippen molar-refractivity contribution in [3.05, 3.63) is 22.4 Å². The van der Waals surface area contributed by atoms with Gasteiger partial charge in [-0.3, -0.25) is 9.59 Å². The minimum absolute atomic E-state index is 0.0548. The van der Waals surface area contributed by atoms with Gasteiger partial charge in [-0.15, -0.1) is 11.3 Å². The summed E-state index contributed by atoms with van der Waals surface area (Å²) in [6.07, 6.45) is 2.62. The van der Waals surface area contributed by atoms with Crippen LogP contribution in [0.3, 0.4) is 0 Å². The Morgan fingerprint density at radius 2 is 2.32 bits per heavy atom. The van der Waals surface area contributed by atoms with E-state index in [0.29, 0.717) is 0 Å². The third-order valence-corrected chi connectivity index (χ3v) is 5.05. The van der Waals surface area contributed by atoms with Crippen LogP contribution in [-0.2, 0) is 9.59 Å². The highest BCUT2D eigenvalue weighted by Gasteiger charge is 2.44. The average Bonchev–Trinajstić information content (AvgIpc) is 3.07. The van der Waals surface area contributed by atoms with Crippen LogP contribution in [0, 0.1) is 0 Å². The lowest BCUT2D eigenvalue weighted by Crippen LogP contribution is -2.57. The topological polar surface area (TPSA) is 40.6 Å². The van der Waals surface area contributed by atoms with Gasteiger partial charge in [-0.1, -0.05) is 13.0 Å². The summed E-state index contributed by atoms with van der Waals surface area (Å²) in [6.45, 7) is 3.06. The van der Waals surface area contributed by atoms with Crippen LogP contribution in [0.1, 0.15) is 37.1 Å². The molecule has 2 amide bonds. The second-order valence-electron chi connectivity index (χ2n) is 5.15. The highest BCUT2D eigenvalue weighted by molar-refractivity contribution is 7.10. The van der Waals surface area contributed by atoms with Crippen LogP contribution in [0.2, 0.25) is 0 Å². The number of nitrogens with zero attached hydrogens (tertiary/aromatic N) is 2. The van der Waals surface area contributed by atoms with Gasteiger partial charge in [0.2, 0.25) is 11.8 Å². The minimum atomic E-state index is -0.199. The molecule has 102 valence electrons.